The number of hydrogen-bond donors (Lipinski definition) is 3. The van der Waals surface area contributed by atoms with Gasteiger partial charge in [-0.15, -0.1) is 0 Å². The Balaban J connectivity index is 0.000000396. The van der Waals surface area contributed by atoms with Gasteiger partial charge in [-0.05, 0) is 46.5 Å². The quantitative estimate of drug-likeness (QED) is 0.378. The molecule has 4 heterocycles. The average Bonchev–Trinajstić information content (AvgIpc) is 3.59. The number of ether oxygens (including phenoxy) is 1. The molecule has 45 heavy (non-hydrogen) atoms. The molecule has 0 saturated carbocycles. The number of pyridine rings is 1. The van der Waals surface area contributed by atoms with Crippen molar-refractivity contribution < 1.29 is 74.0 Å². The Labute approximate surface area is 253 Å². The van der Waals surface area contributed by atoms with Crippen molar-refractivity contribution in [2.75, 3.05) is 26.7 Å². The summed E-state index contributed by atoms with van der Waals surface area (Å²) in [5, 5.41) is 25.8. The number of nitrogens with zero attached hydrogens (tertiary/aromatic N) is 3. The number of carbonyl (C=O) groups is 3. The SMILES string of the molecule is CO[C@@H]1CCN(Cc2ccsc2)[C@@H]2CN(Cc3ccncc3)C[C@@H]21.O=C(O)C(F)(F)F.O=C(O)C(F)(F)F.O=C(O)C(F)(F)F. The highest BCUT2D eigenvalue weighted by atomic mass is 32.1. The highest BCUT2D eigenvalue weighted by Crippen LogP contribution is 2.34. The van der Waals surface area contributed by atoms with Crippen LogP contribution in [0.2, 0.25) is 0 Å². The molecule has 0 spiro atoms. The van der Waals surface area contributed by atoms with E-state index in [1.54, 1.807) is 11.3 Å². The van der Waals surface area contributed by atoms with Crippen molar-refractivity contribution in [2.24, 2.45) is 5.92 Å². The van der Waals surface area contributed by atoms with Gasteiger partial charge in [-0.2, -0.15) is 50.9 Å². The molecule has 3 atom stereocenters. The first-order valence-corrected chi connectivity index (χ1v) is 13.4. The molecule has 2 aliphatic rings. The summed E-state index contributed by atoms with van der Waals surface area (Å²) >= 11 is 1.79. The van der Waals surface area contributed by atoms with E-state index in [9.17, 15) is 39.5 Å². The molecule has 4 rings (SSSR count). The number of rotatable bonds is 5. The summed E-state index contributed by atoms with van der Waals surface area (Å²) < 4.78 is 101. The zero-order chi connectivity index (χ0) is 34.6. The fraction of sp³-hybridized carbons (Fsp3) is 0.520. The van der Waals surface area contributed by atoms with Crippen molar-refractivity contribution in [3.05, 3.63) is 52.5 Å². The van der Waals surface area contributed by atoms with E-state index in [1.165, 1.54) is 11.1 Å². The number of piperidine rings is 1. The lowest BCUT2D eigenvalue weighted by Gasteiger charge is -2.41. The van der Waals surface area contributed by atoms with E-state index in [1.807, 2.05) is 19.5 Å². The third-order valence-electron chi connectivity index (χ3n) is 6.21. The van der Waals surface area contributed by atoms with Gasteiger partial charge in [0.2, 0.25) is 0 Å². The molecule has 20 heteroatoms. The fourth-order valence-electron chi connectivity index (χ4n) is 4.30. The Morgan fingerprint density at radius 2 is 1.33 bits per heavy atom. The van der Waals surface area contributed by atoms with E-state index < -0.39 is 36.4 Å². The number of hydrogen-bond acceptors (Lipinski definition) is 8. The number of alkyl halides is 9. The van der Waals surface area contributed by atoms with Crippen LogP contribution >= 0.6 is 11.3 Å². The van der Waals surface area contributed by atoms with E-state index in [4.69, 9.17) is 34.4 Å². The lowest BCUT2D eigenvalue weighted by molar-refractivity contribution is -0.193. The van der Waals surface area contributed by atoms with Crippen LogP contribution < -0.4 is 0 Å². The molecule has 2 aromatic heterocycles. The summed E-state index contributed by atoms with van der Waals surface area (Å²) in [5.74, 6) is -7.66. The predicted molar refractivity (Wildman–Crippen MR) is 138 cm³/mol. The molecular weight excluding hydrogens is 657 g/mol. The molecule has 0 bridgehead atoms. The van der Waals surface area contributed by atoms with Crippen LogP contribution in [0.25, 0.3) is 0 Å². The van der Waals surface area contributed by atoms with Gasteiger partial charge in [0.25, 0.3) is 0 Å². The number of carboxylic acid groups (broad SMARTS) is 3. The molecule has 254 valence electrons. The summed E-state index contributed by atoms with van der Waals surface area (Å²) in [7, 11) is 1.88. The van der Waals surface area contributed by atoms with Gasteiger partial charge in [-0.3, -0.25) is 14.8 Å². The maximum absolute atomic E-state index is 10.6. The molecule has 2 aliphatic heterocycles. The molecule has 2 fully saturated rings. The molecular formula is C25H28F9N3O7S. The molecule has 0 amide bonds. The van der Waals surface area contributed by atoms with Crippen LogP contribution in [0, 0.1) is 5.92 Å². The van der Waals surface area contributed by atoms with Crippen molar-refractivity contribution in [1.82, 2.24) is 14.8 Å². The van der Waals surface area contributed by atoms with Crippen molar-refractivity contribution in [2.45, 2.75) is 50.2 Å². The third kappa shape index (κ3) is 14.4. The van der Waals surface area contributed by atoms with E-state index >= 15 is 0 Å². The van der Waals surface area contributed by atoms with Gasteiger partial charge >= 0.3 is 36.4 Å². The zero-order valence-electron chi connectivity index (χ0n) is 23.1. The van der Waals surface area contributed by atoms with E-state index in [0.29, 0.717) is 18.1 Å². The van der Waals surface area contributed by atoms with E-state index in [-0.39, 0.29) is 0 Å². The van der Waals surface area contributed by atoms with E-state index in [2.05, 4.69) is 43.7 Å². The number of fused-ring (bicyclic) bond motifs is 1. The number of carboxylic acids is 3. The number of likely N-dealkylation sites (tertiary alicyclic amines) is 2. The smallest absolute Gasteiger partial charge is 0.475 e. The van der Waals surface area contributed by atoms with Crippen molar-refractivity contribution in [3.8, 4) is 0 Å². The normalized spacial score (nSPS) is 20.3. The lowest BCUT2D eigenvalue weighted by Crippen LogP contribution is -2.50. The van der Waals surface area contributed by atoms with E-state index in [0.717, 1.165) is 39.1 Å². The lowest BCUT2D eigenvalue weighted by atomic mass is 9.89. The summed E-state index contributed by atoms with van der Waals surface area (Å²) in [6.07, 6.45) is -9.93. The largest absolute Gasteiger partial charge is 0.490 e. The third-order valence-corrected chi connectivity index (χ3v) is 6.94. The Bertz CT molecular complexity index is 1140. The van der Waals surface area contributed by atoms with Gasteiger partial charge in [0.05, 0.1) is 6.10 Å². The minimum Gasteiger partial charge on any atom is -0.475 e. The molecule has 0 unspecified atom stereocenters. The van der Waals surface area contributed by atoms with Gasteiger partial charge in [0.15, 0.2) is 0 Å². The Kier molecular flexibility index (Phi) is 15.2. The van der Waals surface area contributed by atoms with Gasteiger partial charge in [0, 0.05) is 64.2 Å². The molecule has 0 radical (unpaired) electrons. The summed E-state index contributed by atoms with van der Waals surface area (Å²) in [4.78, 5) is 36.1. The van der Waals surface area contributed by atoms with Crippen molar-refractivity contribution in [3.63, 3.8) is 0 Å². The first-order valence-electron chi connectivity index (χ1n) is 12.5. The van der Waals surface area contributed by atoms with Gasteiger partial charge in [-0.25, -0.2) is 14.4 Å². The molecule has 3 N–H and O–H groups in total. The van der Waals surface area contributed by atoms with Crippen molar-refractivity contribution in [1.29, 1.82) is 0 Å². The Morgan fingerprint density at radius 1 is 0.844 bits per heavy atom. The van der Waals surface area contributed by atoms with Crippen LogP contribution in [0.4, 0.5) is 39.5 Å². The molecule has 0 aromatic carbocycles. The van der Waals surface area contributed by atoms with Crippen LogP contribution in [0.1, 0.15) is 17.5 Å². The minimum atomic E-state index is -5.08. The van der Waals surface area contributed by atoms with Crippen LogP contribution in [-0.4, -0.2) is 105 Å². The molecule has 2 aromatic rings. The zero-order valence-corrected chi connectivity index (χ0v) is 24.0. The van der Waals surface area contributed by atoms with Crippen molar-refractivity contribution >= 4 is 29.2 Å². The molecule has 0 aliphatic carbocycles. The second-order valence-corrected chi connectivity index (χ2v) is 10.1. The summed E-state index contributed by atoms with van der Waals surface area (Å²) in [6.45, 7) is 5.49. The highest BCUT2D eigenvalue weighted by Gasteiger charge is 2.44. The highest BCUT2D eigenvalue weighted by molar-refractivity contribution is 7.07. The molecule has 10 nitrogen and oxygen atoms in total. The number of thiophene rings is 1. The maximum Gasteiger partial charge on any atom is 0.490 e. The molecule has 2 saturated heterocycles. The van der Waals surface area contributed by atoms with Gasteiger partial charge in [-0.1, -0.05) is 0 Å². The maximum atomic E-state index is 10.6. The van der Waals surface area contributed by atoms with Crippen LogP contribution in [0.15, 0.2) is 41.4 Å². The Morgan fingerprint density at radius 3 is 1.73 bits per heavy atom. The standard InChI is InChI=1S/C19H25N3OS.3C2HF3O2/c1-23-19-4-8-22(11-16-5-9-24-14-16)18-13-21(12-17(18)19)10-15-2-6-20-7-3-15;3*3-2(4,5)1(6)7/h2-3,5-7,9,14,17-19H,4,8,10-13H2,1H3;3*(H,6,7)/t17-,18+,19+;;;/m0.../s1. The van der Waals surface area contributed by atoms with Gasteiger partial charge in [0.1, 0.15) is 0 Å². The topological polar surface area (TPSA) is 140 Å². The average molecular weight is 686 g/mol. The second-order valence-electron chi connectivity index (χ2n) is 9.35. The van der Waals surface area contributed by atoms with Gasteiger partial charge < -0.3 is 20.1 Å². The number of aliphatic carboxylic acids is 3. The minimum absolute atomic E-state index is 0.399. The van der Waals surface area contributed by atoms with Crippen LogP contribution in [0.3, 0.4) is 0 Å². The first-order chi connectivity index (χ1) is 20.7. The fourth-order valence-corrected chi connectivity index (χ4v) is 4.96. The first kappa shape index (κ1) is 39.5. The second kappa shape index (κ2) is 17.3. The summed E-state index contributed by atoms with van der Waals surface area (Å²) in [6, 6.07) is 7.11. The van der Waals surface area contributed by atoms with Crippen LogP contribution in [0.5, 0.6) is 0 Å². The number of aromatic nitrogens is 1. The summed E-state index contributed by atoms with van der Waals surface area (Å²) in [5.41, 5.74) is 2.80. The van der Waals surface area contributed by atoms with Crippen LogP contribution in [-0.2, 0) is 32.2 Å². The monoisotopic (exact) mass is 685 g/mol. The number of halogens is 9. The Hall–Kier alpha value is -3.49. The number of methoxy groups -OCH3 is 1. The predicted octanol–water partition coefficient (Wildman–Crippen LogP) is 4.76.